The molecule has 2 amide bonds. The second kappa shape index (κ2) is 5.28. The Morgan fingerprint density at radius 1 is 1.22 bits per heavy atom. The lowest BCUT2D eigenvalue weighted by atomic mass is 9.88. The highest BCUT2D eigenvalue weighted by atomic mass is 16.5. The topological polar surface area (TPSA) is 50.8 Å². The first-order chi connectivity index (χ1) is 11.3. The van der Waals surface area contributed by atoms with Crippen LogP contribution in [0.2, 0.25) is 0 Å². The molecule has 5 heteroatoms. The van der Waals surface area contributed by atoms with Crippen LogP contribution in [0.5, 0.6) is 5.75 Å². The van der Waals surface area contributed by atoms with E-state index in [1.165, 1.54) is 0 Å². The maximum Gasteiger partial charge on any atom is 0.324 e. The van der Waals surface area contributed by atoms with Crippen LogP contribution in [-0.4, -0.2) is 31.2 Å². The number of nitrogens with one attached hydrogen (secondary N) is 1. The minimum absolute atomic E-state index is 0.133. The van der Waals surface area contributed by atoms with Gasteiger partial charge in [0.05, 0.1) is 19.4 Å². The first-order valence-corrected chi connectivity index (χ1v) is 7.72. The number of anilines is 1. The molecule has 1 N–H and O–H groups in total. The fourth-order valence-corrected chi connectivity index (χ4v) is 3.43. The minimum Gasteiger partial charge on any atom is -0.497 e. The van der Waals surface area contributed by atoms with Crippen molar-refractivity contribution in [2.75, 3.05) is 25.6 Å². The average Bonchev–Trinajstić information content (AvgIpc) is 2.62. The van der Waals surface area contributed by atoms with Crippen molar-refractivity contribution < 1.29 is 14.3 Å². The van der Waals surface area contributed by atoms with Crippen molar-refractivity contribution in [2.24, 2.45) is 0 Å². The largest absolute Gasteiger partial charge is 0.497 e. The Morgan fingerprint density at radius 3 is 2.83 bits per heavy atom. The minimum atomic E-state index is -0.897. The predicted octanol–water partition coefficient (Wildman–Crippen LogP) is 3.16. The zero-order chi connectivity index (χ0) is 15.9. The van der Waals surface area contributed by atoms with E-state index in [1.807, 2.05) is 48.5 Å². The van der Waals surface area contributed by atoms with E-state index in [0.717, 1.165) is 29.0 Å². The Labute approximate surface area is 134 Å². The Kier molecular flexibility index (Phi) is 3.23. The van der Waals surface area contributed by atoms with E-state index in [2.05, 4.69) is 5.32 Å². The first kappa shape index (κ1) is 14.1. The number of urea groups is 1. The molecule has 118 valence electrons. The Hall–Kier alpha value is -2.53. The Bertz CT molecular complexity index is 747. The van der Waals surface area contributed by atoms with Gasteiger partial charge in [-0.15, -0.1) is 0 Å². The molecule has 0 aliphatic carbocycles. The van der Waals surface area contributed by atoms with Crippen LogP contribution in [-0.2, 0) is 10.5 Å². The maximum atomic E-state index is 12.6. The number of methoxy groups -OCH3 is 1. The summed E-state index contributed by atoms with van der Waals surface area (Å²) in [5, 5.41) is 2.96. The van der Waals surface area contributed by atoms with Gasteiger partial charge in [0, 0.05) is 17.7 Å². The molecule has 0 aromatic heterocycles. The van der Waals surface area contributed by atoms with Crippen LogP contribution in [0.1, 0.15) is 17.5 Å². The van der Waals surface area contributed by atoms with Crippen molar-refractivity contribution in [3.63, 3.8) is 0 Å². The molecule has 0 bridgehead atoms. The molecule has 2 heterocycles. The van der Waals surface area contributed by atoms with Crippen molar-refractivity contribution in [1.82, 2.24) is 4.90 Å². The summed E-state index contributed by atoms with van der Waals surface area (Å²) >= 11 is 0. The molecule has 2 aliphatic heterocycles. The van der Waals surface area contributed by atoms with Crippen LogP contribution >= 0.6 is 0 Å². The molecule has 1 saturated heterocycles. The third kappa shape index (κ3) is 2.00. The molecule has 4 rings (SSSR count). The lowest BCUT2D eigenvalue weighted by molar-refractivity contribution is -0.142. The van der Waals surface area contributed by atoms with Gasteiger partial charge in [-0.1, -0.05) is 30.3 Å². The summed E-state index contributed by atoms with van der Waals surface area (Å²) in [7, 11) is 1.64. The number of carbonyl (C=O) groups excluding carboxylic acids is 1. The summed E-state index contributed by atoms with van der Waals surface area (Å²) < 4.78 is 11.6. The van der Waals surface area contributed by atoms with Gasteiger partial charge in [0.25, 0.3) is 0 Å². The molecule has 5 nitrogen and oxygen atoms in total. The number of benzene rings is 2. The molecule has 1 atom stereocenters. The van der Waals surface area contributed by atoms with Gasteiger partial charge < -0.3 is 14.8 Å². The van der Waals surface area contributed by atoms with Gasteiger partial charge in [0.15, 0.2) is 5.72 Å². The second-order valence-electron chi connectivity index (χ2n) is 5.71. The summed E-state index contributed by atoms with van der Waals surface area (Å²) in [6, 6.07) is 15.4. The highest BCUT2D eigenvalue weighted by molar-refractivity contribution is 5.94. The van der Waals surface area contributed by atoms with Gasteiger partial charge in [-0.05, 0) is 24.6 Å². The summed E-state index contributed by atoms with van der Waals surface area (Å²) in [5.74, 6) is 0.740. The fraction of sp³-hybridized carbons (Fsp3) is 0.278. The van der Waals surface area contributed by atoms with Gasteiger partial charge in [-0.2, -0.15) is 0 Å². The number of hydrogen-bond acceptors (Lipinski definition) is 3. The van der Waals surface area contributed by atoms with Gasteiger partial charge in [-0.25, -0.2) is 4.79 Å². The van der Waals surface area contributed by atoms with E-state index in [0.29, 0.717) is 13.2 Å². The van der Waals surface area contributed by atoms with Crippen LogP contribution in [0.15, 0.2) is 48.5 Å². The zero-order valence-electron chi connectivity index (χ0n) is 12.9. The molecule has 0 radical (unpaired) electrons. The number of amides is 2. The third-order valence-electron chi connectivity index (χ3n) is 4.46. The van der Waals surface area contributed by atoms with E-state index in [4.69, 9.17) is 9.47 Å². The van der Waals surface area contributed by atoms with Gasteiger partial charge in [0.2, 0.25) is 0 Å². The van der Waals surface area contributed by atoms with E-state index in [-0.39, 0.29) is 6.03 Å². The first-order valence-electron chi connectivity index (χ1n) is 7.72. The number of fused-ring (bicyclic) bond motifs is 3. The second-order valence-corrected chi connectivity index (χ2v) is 5.71. The SMILES string of the molecule is COc1ccc2c(c1)C1(c3ccccc3)OCCCN1C(=O)N2. The molecular weight excluding hydrogens is 292 g/mol. The zero-order valence-corrected chi connectivity index (χ0v) is 12.9. The maximum absolute atomic E-state index is 12.6. The molecule has 0 saturated carbocycles. The van der Waals surface area contributed by atoms with Gasteiger partial charge >= 0.3 is 6.03 Å². The number of carbonyl (C=O) groups is 1. The fourth-order valence-electron chi connectivity index (χ4n) is 3.43. The van der Waals surface area contributed by atoms with Crippen molar-refractivity contribution in [1.29, 1.82) is 0 Å². The van der Waals surface area contributed by atoms with E-state index in [1.54, 1.807) is 12.0 Å². The summed E-state index contributed by atoms with van der Waals surface area (Å²) in [6.07, 6.45) is 0.821. The predicted molar refractivity (Wildman–Crippen MR) is 86.5 cm³/mol. The average molecular weight is 310 g/mol. The highest BCUT2D eigenvalue weighted by Crippen LogP contribution is 2.47. The number of rotatable bonds is 2. The number of hydrogen-bond donors (Lipinski definition) is 1. The van der Waals surface area contributed by atoms with Crippen molar-refractivity contribution >= 4 is 11.7 Å². The Balaban J connectivity index is 2.00. The van der Waals surface area contributed by atoms with Crippen LogP contribution < -0.4 is 10.1 Å². The van der Waals surface area contributed by atoms with Crippen molar-refractivity contribution in [3.05, 3.63) is 59.7 Å². The Morgan fingerprint density at radius 2 is 2.04 bits per heavy atom. The quantitative estimate of drug-likeness (QED) is 0.927. The molecular formula is C18H18N2O3. The number of ether oxygens (including phenoxy) is 2. The van der Waals surface area contributed by atoms with Crippen molar-refractivity contribution in [3.8, 4) is 5.75 Å². The standard InChI is InChI=1S/C18H18N2O3/c1-22-14-8-9-16-15(12-14)18(13-6-3-2-4-7-13)20(17(21)19-16)10-5-11-23-18/h2-4,6-9,12H,5,10-11H2,1H3,(H,19,21). The van der Waals surface area contributed by atoms with Gasteiger partial charge in [-0.3, -0.25) is 4.90 Å². The molecule has 23 heavy (non-hydrogen) atoms. The lowest BCUT2D eigenvalue weighted by Crippen LogP contribution is -2.59. The molecule has 0 spiro atoms. The highest BCUT2D eigenvalue weighted by Gasteiger charge is 2.50. The molecule has 2 aromatic carbocycles. The van der Waals surface area contributed by atoms with Crippen molar-refractivity contribution in [2.45, 2.75) is 12.1 Å². The monoisotopic (exact) mass is 310 g/mol. The smallest absolute Gasteiger partial charge is 0.324 e. The normalized spacial score (nSPS) is 22.8. The van der Waals surface area contributed by atoms with Crippen LogP contribution in [0.4, 0.5) is 10.5 Å². The number of nitrogens with zero attached hydrogens (tertiary/aromatic N) is 1. The molecule has 1 fully saturated rings. The molecule has 2 aromatic rings. The van der Waals surface area contributed by atoms with E-state index >= 15 is 0 Å². The van der Waals surface area contributed by atoms with Crippen LogP contribution in [0.3, 0.4) is 0 Å². The van der Waals surface area contributed by atoms with Crippen LogP contribution in [0, 0.1) is 0 Å². The molecule has 1 unspecified atom stereocenters. The summed E-state index contributed by atoms with van der Waals surface area (Å²) in [5.41, 5.74) is 1.72. The lowest BCUT2D eigenvalue weighted by Gasteiger charge is -2.50. The third-order valence-corrected chi connectivity index (χ3v) is 4.46. The summed E-state index contributed by atoms with van der Waals surface area (Å²) in [6.45, 7) is 1.26. The van der Waals surface area contributed by atoms with E-state index < -0.39 is 5.72 Å². The van der Waals surface area contributed by atoms with Gasteiger partial charge in [0.1, 0.15) is 5.75 Å². The summed E-state index contributed by atoms with van der Waals surface area (Å²) in [4.78, 5) is 14.4. The van der Waals surface area contributed by atoms with E-state index in [9.17, 15) is 4.79 Å². The molecule has 2 aliphatic rings. The van der Waals surface area contributed by atoms with Crippen LogP contribution in [0.25, 0.3) is 0 Å².